The van der Waals surface area contributed by atoms with Gasteiger partial charge in [0.2, 0.25) is 0 Å². The van der Waals surface area contributed by atoms with E-state index in [2.05, 4.69) is 4.89 Å². The van der Waals surface area contributed by atoms with Crippen LogP contribution in [0.5, 0.6) is 0 Å². The van der Waals surface area contributed by atoms with Crippen LogP contribution < -0.4 is 4.89 Å². The highest BCUT2D eigenvalue weighted by Crippen LogP contribution is 1.89. The van der Waals surface area contributed by atoms with E-state index in [0.717, 1.165) is 0 Å². The van der Waals surface area contributed by atoms with Gasteiger partial charge in [0, 0.05) is 6.26 Å². The standard InChI is InChI=1S/C5H13NO2S/c1-5(2)4-8-6-9(3)7/h5-6H,4H2,1-3H3. The minimum Gasteiger partial charge on any atom is -0.289 e. The topological polar surface area (TPSA) is 38.3 Å². The van der Waals surface area contributed by atoms with Crippen molar-refractivity contribution >= 4 is 11.0 Å². The van der Waals surface area contributed by atoms with Crippen molar-refractivity contribution in [3.8, 4) is 0 Å². The van der Waals surface area contributed by atoms with Crippen molar-refractivity contribution in [1.82, 2.24) is 4.89 Å². The Bertz CT molecular complexity index is 95.0. The molecule has 0 aromatic heterocycles. The lowest BCUT2D eigenvalue weighted by Crippen LogP contribution is -2.18. The first-order valence-electron chi connectivity index (χ1n) is 2.83. The van der Waals surface area contributed by atoms with Crippen LogP contribution in [-0.4, -0.2) is 17.1 Å². The lowest BCUT2D eigenvalue weighted by atomic mass is 10.2. The van der Waals surface area contributed by atoms with Gasteiger partial charge in [-0.3, -0.25) is 4.84 Å². The summed E-state index contributed by atoms with van der Waals surface area (Å²) in [5, 5.41) is 0. The average Bonchev–Trinajstić information content (AvgIpc) is 1.63. The van der Waals surface area contributed by atoms with Crippen molar-refractivity contribution in [2.24, 2.45) is 5.92 Å². The summed E-state index contributed by atoms with van der Waals surface area (Å²) in [5.41, 5.74) is 0. The molecule has 0 amide bonds. The third kappa shape index (κ3) is 8.07. The van der Waals surface area contributed by atoms with Gasteiger partial charge >= 0.3 is 0 Å². The maximum atomic E-state index is 10.3. The maximum absolute atomic E-state index is 10.3. The van der Waals surface area contributed by atoms with Crippen molar-refractivity contribution < 1.29 is 9.05 Å². The summed E-state index contributed by atoms with van der Waals surface area (Å²) in [6, 6.07) is 0. The molecular weight excluding hydrogens is 138 g/mol. The first kappa shape index (κ1) is 9.07. The van der Waals surface area contributed by atoms with Crippen molar-refractivity contribution in [2.45, 2.75) is 13.8 Å². The van der Waals surface area contributed by atoms with Gasteiger partial charge < -0.3 is 0 Å². The Kier molecular flexibility index (Phi) is 4.94. The first-order chi connectivity index (χ1) is 4.13. The van der Waals surface area contributed by atoms with E-state index in [-0.39, 0.29) is 0 Å². The molecule has 9 heavy (non-hydrogen) atoms. The summed E-state index contributed by atoms with van der Waals surface area (Å²) in [7, 11) is -1.05. The van der Waals surface area contributed by atoms with Gasteiger partial charge in [-0.2, -0.15) is 0 Å². The van der Waals surface area contributed by atoms with E-state index in [1.807, 2.05) is 13.8 Å². The second-order valence-electron chi connectivity index (χ2n) is 2.24. The zero-order valence-electron chi connectivity index (χ0n) is 6.01. The Hall–Kier alpha value is 0.0700. The Morgan fingerprint density at radius 3 is 2.56 bits per heavy atom. The largest absolute Gasteiger partial charge is 0.289 e. The highest BCUT2D eigenvalue weighted by Gasteiger charge is 1.93. The normalized spacial score (nSPS) is 14.2. The summed E-state index contributed by atoms with van der Waals surface area (Å²) >= 11 is 0. The van der Waals surface area contributed by atoms with Gasteiger partial charge in [-0.25, -0.2) is 4.21 Å². The molecule has 0 aliphatic rings. The van der Waals surface area contributed by atoms with Crippen molar-refractivity contribution in [2.75, 3.05) is 12.9 Å². The Balaban J connectivity index is 3.01. The fourth-order valence-corrected chi connectivity index (χ4v) is 0.518. The molecular formula is C5H13NO2S. The molecule has 1 atom stereocenters. The van der Waals surface area contributed by atoms with E-state index in [9.17, 15) is 4.21 Å². The molecule has 1 N–H and O–H groups in total. The van der Waals surface area contributed by atoms with Crippen LogP contribution in [-0.2, 0) is 15.8 Å². The van der Waals surface area contributed by atoms with Gasteiger partial charge in [-0.15, -0.1) is 4.89 Å². The van der Waals surface area contributed by atoms with Crippen LogP contribution in [0.15, 0.2) is 0 Å². The Morgan fingerprint density at radius 1 is 1.67 bits per heavy atom. The first-order valence-corrected chi connectivity index (χ1v) is 4.39. The van der Waals surface area contributed by atoms with Crippen molar-refractivity contribution in [1.29, 1.82) is 0 Å². The zero-order chi connectivity index (χ0) is 7.28. The third-order valence-corrected chi connectivity index (χ3v) is 0.946. The van der Waals surface area contributed by atoms with Crippen LogP contribution in [0, 0.1) is 5.92 Å². The van der Waals surface area contributed by atoms with E-state index < -0.39 is 11.0 Å². The molecule has 1 unspecified atom stereocenters. The quantitative estimate of drug-likeness (QED) is 0.593. The number of nitrogens with one attached hydrogen (secondary N) is 1. The maximum Gasteiger partial charge on any atom is 0.112 e. The molecule has 0 fully saturated rings. The molecule has 0 saturated carbocycles. The summed E-state index contributed by atoms with van der Waals surface area (Å²) in [4.78, 5) is 7.16. The van der Waals surface area contributed by atoms with Crippen LogP contribution >= 0.6 is 0 Å². The van der Waals surface area contributed by atoms with Gasteiger partial charge in [-0.05, 0) is 5.92 Å². The van der Waals surface area contributed by atoms with Gasteiger partial charge in [0.25, 0.3) is 0 Å². The van der Waals surface area contributed by atoms with E-state index in [4.69, 9.17) is 4.84 Å². The molecule has 56 valence electrons. The molecule has 0 aromatic rings. The van der Waals surface area contributed by atoms with Gasteiger partial charge in [0.1, 0.15) is 11.0 Å². The van der Waals surface area contributed by atoms with Crippen LogP contribution in [0.25, 0.3) is 0 Å². The van der Waals surface area contributed by atoms with Gasteiger partial charge in [0.15, 0.2) is 0 Å². The Morgan fingerprint density at radius 2 is 2.22 bits per heavy atom. The van der Waals surface area contributed by atoms with Crippen molar-refractivity contribution in [3.05, 3.63) is 0 Å². The lowest BCUT2D eigenvalue weighted by Gasteiger charge is -2.03. The highest BCUT2D eigenvalue weighted by atomic mass is 32.2. The lowest BCUT2D eigenvalue weighted by molar-refractivity contribution is 0.0757. The number of rotatable bonds is 4. The molecule has 0 radical (unpaired) electrons. The second-order valence-corrected chi connectivity index (χ2v) is 3.32. The van der Waals surface area contributed by atoms with E-state index in [0.29, 0.717) is 12.5 Å². The fourth-order valence-electron chi connectivity index (χ4n) is 0.284. The van der Waals surface area contributed by atoms with Gasteiger partial charge in [0.05, 0.1) is 6.61 Å². The molecule has 0 heterocycles. The summed E-state index contributed by atoms with van der Waals surface area (Å²) in [6.45, 7) is 4.65. The minimum atomic E-state index is -1.05. The molecule has 0 bridgehead atoms. The Labute approximate surface area is 58.3 Å². The fraction of sp³-hybridized carbons (Fsp3) is 1.00. The molecule has 0 saturated heterocycles. The number of hydrogen-bond acceptors (Lipinski definition) is 2. The monoisotopic (exact) mass is 151 g/mol. The summed E-state index contributed by atoms with van der Waals surface area (Å²) < 4.78 is 10.3. The minimum absolute atomic E-state index is 0.473. The average molecular weight is 151 g/mol. The van der Waals surface area contributed by atoms with Crippen LogP contribution in [0.1, 0.15) is 13.8 Å². The van der Waals surface area contributed by atoms with E-state index in [1.54, 1.807) is 0 Å². The summed E-state index contributed by atoms with van der Waals surface area (Å²) in [5.74, 6) is 0.473. The number of hydrogen-bond donors (Lipinski definition) is 1. The zero-order valence-corrected chi connectivity index (χ0v) is 6.83. The van der Waals surface area contributed by atoms with Crippen LogP contribution in [0.3, 0.4) is 0 Å². The molecule has 0 aromatic carbocycles. The predicted octanol–water partition coefficient (Wildman–Crippen LogP) is 0.457. The highest BCUT2D eigenvalue weighted by molar-refractivity contribution is 7.82. The molecule has 0 rings (SSSR count). The predicted molar refractivity (Wildman–Crippen MR) is 38.0 cm³/mol. The van der Waals surface area contributed by atoms with Crippen LogP contribution in [0.2, 0.25) is 0 Å². The van der Waals surface area contributed by atoms with Crippen molar-refractivity contribution in [3.63, 3.8) is 0 Å². The van der Waals surface area contributed by atoms with E-state index in [1.165, 1.54) is 6.26 Å². The SMILES string of the molecule is CC(C)CONS(C)=O. The van der Waals surface area contributed by atoms with Crippen LogP contribution in [0.4, 0.5) is 0 Å². The van der Waals surface area contributed by atoms with E-state index >= 15 is 0 Å². The molecule has 0 aliphatic heterocycles. The molecule has 0 spiro atoms. The second kappa shape index (κ2) is 4.90. The molecule has 4 heteroatoms. The molecule has 3 nitrogen and oxygen atoms in total. The summed E-state index contributed by atoms with van der Waals surface area (Å²) in [6.07, 6.45) is 1.53. The third-order valence-electron chi connectivity index (χ3n) is 0.593. The van der Waals surface area contributed by atoms with Gasteiger partial charge in [-0.1, -0.05) is 13.8 Å². The smallest absolute Gasteiger partial charge is 0.112 e. The molecule has 0 aliphatic carbocycles.